The number of ether oxygens (including phenoxy) is 1. The Labute approximate surface area is 119 Å². The van der Waals surface area contributed by atoms with E-state index in [0.29, 0.717) is 22.6 Å². The van der Waals surface area contributed by atoms with Crippen molar-refractivity contribution in [2.24, 2.45) is 0 Å². The fraction of sp³-hybridized carbons (Fsp3) is 0.231. The summed E-state index contributed by atoms with van der Waals surface area (Å²) >= 11 is 3.29. The standard InChI is InChI=1S/C13H13BrFN3O/c1-2-16-8-10-4-6-13(18-17-10)19-12-7-9(15)3-5-11(12)14/h3-7,16H,2,8H2,1H3. The molecule has 2 rings (SSSR count). The smallest absolute Gasteiger partial charge is 0.238 e. The molecule has 0 amide bonds. The van der Waals surface area contributed by atoms with Crippen LogP contribution in [0.15, 0.2) is 34.8 Å². The molecule has 6 heteroatoms. The third kappa shape index (κ3) is 3.97. The van der Waals surface area contributed by atoms with Gasteiger partial charge in [-0.1, -0.05) is 6.92 Å². The summed E-state index contributed by atoms with van der Waals surface area (Å²) in [6, 6.07) is 7.74. The van der Waals surface area contributed by atoms with Crippen molar-refractivity contribution >= 4 is 15.9 Å². The third-order valence-corrected chi connectivity index (χ3v) is 3.01. The van der Waals surface area contributed by atoms with Gasteiger partial charge in [0.05, 0.1) is 10.2 Å². The van der Waals surface area contributed by atoms with E-state index in [2.05, 4.69) is 31.4 Å². The van der Waals surface area contributed by atoms with Crippen LogP contribution in [0.2, 0.25) is 0 Å². The second kappa shape index (κ2) is 6.58. The first-order valence-corrected chi connectivity index (χ1v) is 6.64. The number of nitrogens with zero attached hydrogens (tertiary/aromatic N) is 2. The van der Waals surface area contributed by atoms with E-state index >= 15 is 0 Å². The fourth-order valence-corrected chi connectivity index (χ4v) is 1.75. The first kappa shape index (κ1) is 13.9. The van der Waals surface area contributed by atoms with E-state index in [1.165, 1.54) is 12.1 Å². The van der Waals surface area contributed by atoms with E-state index in [1.807, 2.05) is 13.0 Å². The molecule has 0 bridgehead atoms. The summed E-state index contributed by atoms with van der Waals surface area (Å²) in [6.45, 7) is 3.55. The normalized spacial score (nSPS) is 10.5. The maximum atomic E-state index is 13.1. The Balaban J connectivity index is 2.08. The van der Waals surface area contributed by atoms with Gasteiger partial charge in [-0.2, -0.15) is 5.10 Å². The predicted molar refractivity (Wildman–Crippen MR) is 73.6 cm³/mol. The molecule has 0 atom stereocenters. The Kier molecular flexibility index (Phi) is 4.81. The van der Waals surface area contributed by atoms with Crippen LogP contribution in [0.4, 0.5) is 4.39 Å². The van der Waals surface area contributed by atoms with Gasteiger partial charge in [0.25, 0.3) is 0 Å². The van der Waals surface area contributed by atoms with Crippen molar-refractivity contribution in [1.82, 2.24) is 15.5 Å². The molecule has 19 heavy (non-hydrogen) atoms. The Morgan fingerprint density at radius 2 is 2.11 bits per heavy atom. The summed E-state index contributed by atoms with van der Waals surface area (Å²) in [5.41, 5.74) is 0.826. The van der Waals surface area contributed by atoms with Gasteiger partial charge in [-0.3, -0.25) is 0 Å². The molecule has 1 heterocycles. The van der Waals surface area contributed by atoms with E-state index in [4.69, 9.17) is 4.74 Å². The molecule has 0 spiro atoms. The quantitative estimate of drug-likeness (QED) is 0.916. The highest BCUT2D eigenvalue weighted by molar-refractivity contribution is 9.10. The number of rotatable bonds is 5. The largest absolute Gasteiger partial charge is 0.436 e. The van der Waals surface area contributed by atoms with E-state index < -0.39 is 0 Å². The first-order valence-electron chi connectivity index (χ1n) is 5.85. The lowest BCUT2D eigenvalue weighted by molar-refractivity contribution is 0.446. The molecule has 1 aromatic carbocycles. The third-order valence-electron chi connectivity index (χ3n) is 2.36. The van der Waals surface area contributed by atoms with Gasteiger partial charge in [0.2, 0.25) is 5.88 Å². The van der Waals surface area contributed by atoms with Crippen LogP contribution in [0.5, 0.6) is 11.6 Å². The highest BCUT2D eigenvalue weighted by Crippen LogP contribution is 2.29. The Bertz CT molecular complexity index is 548. The lowest BCUT2D eigenvalue weighted by Gasteiger charge is -2.07. The molecule has 100 valence electrons. The summed E-state index contributed by atoms with van der Waals surface area (Å²) < 4.78 is 19.2. The number of benzene rings is 1. The zero-order valence-corrected chi connectivity index (χ0v) is 11.9. The number of hydrogen-bond acceptors (Lipinski definition) is 4. The zero-order chi connectivity index (χ0) is 13.7. The van der Waals surface area contributed by atoms with Crippen molar-refractivity contribution in [1.29, 1.82) is 0 Å². The SMILES string of the molecule is CCNCc1ccc(Oc2cc(F)ccc2Br)nn1. The van der Waals surface area contributed by atoms with Crippen LogP contribution < -0.4 is 10.1 Å². The average molecular weight is 326 g/mol. The van der Waals surface area contributed by atoms with Gasteiger partial charge in [-0.05, 0) is 40.7 Å². The Hall–Kier alpha value is -1.53. The minimum absolute atomic E-state index is 0.326. The van der Waals surface area contributed by atoms with Crippen molar-refractivity contribution in [3.8, 4) is 11.6 Å². The number of hydrogen-bond donors (Lipinski definition) is 1. The monoisotopic (exact) mass is 325 g/mol. The van der Waals surface area contributed by atoms with Crippen LogP contribution in [0.25, 0.3) is 0 Å². The maximum Gasteiger partial charge on any atom is 0.238 e. The summed E-state index contributed by atoms with van der Waals surface area (Å²) in [4.78, 5) is 0. The van der Waals surface area contributed by atoms with Crippen LogP contribution in [0.3, 0.4) is 0 Å². The minimum Gasteiger partial charge on any atom is -0.436 e. The maximum absolute atomic E-state index is 13.1. The first-order chi connectivity index (χ1) is 9.19. The molecule has 0 fully saturated rings. The van der Waals surface area contributed by atoms with Gasteiger partial charge < -0.3 is 10.1 Å². The number of aromatic nitrogens is 2. The molecule has 0 aliphatic heterocycles. The van der Waals surface area contributed by atoms with Crippen molar-refractivity contribution in [2.75, 3.05) is 6.54 Å². The van der Waals surface area contributed by atoms with E-state index in [-0.39, 0.29) is 5.82 Å². The summed E-state index contributed by atoms with van der Waals surface area (Å²) in [5.74, 6) is 0.329. The fourth-order valence-electron chi connectivity index (χ4n) is 1.42. The molecule has 1 aromatic heterocycles. The van der Waals surface area contributed by atoms with Gasteiger partial charge in [0, 0.05) is 18.7 Å². The van der Waals surface area contributed by atoms with Gasteiger partial charge >= 0.3 is 0 Å². The second-order valence-electron chi connectivity index (χ2n) is 3.82. The van der Waals surface area contributed by atoms with Gasteiger partial charge in [0.15, 0.2) is 0 Å². The number of nitrogens with one attached hydrogen (secondary N) is 1. The van der Waals surface area contributed by atoms with Crippen molar-refractivity contribution in [3.05, 3.63) is 46.3 Å². The number of halogens is 2. The molecule has 0 saturated heterocycles. The second-order valence-corrected chi connectivity index (χ2v) is 4.67. The van der Waals surface area contributed by atoms with Crippen molar-refractivity contribution in [2.45, 2.75) is 13.5 Å². The summed E-state index contributed by atoms with van der Waals surface area (Å²) in [7, 11) is 0. The molecule has 2 aromatic rings. The predicted octanol–water partition coefficient (Wildman–Crippen LogP) is 3.28. The molecule has 0 saturated carbocycles. The molecular weight excluding hydrogens is 313 g/mol. The Morgan fingerprint density at radius 3 is 2.79 bits per heavy atom. The Morgan fingerprint density at radius 1 is 1.26 bits per heavy atom. The minimum atomic E-state index is -0.366. The van der Waals surface area contributed by atoms with Crippen LogP contribution in [-0.2, 0) is 6.54 Å². The van der Waals surface area contributed by atoms with Crippen molar-refractivity contribution in [3.63, 3.8) is 0 Å². The van der Waals surface area contributed by atoms with E-state index in [9.17, 15) is 4.39 Å². The highest BCUT2D eigenvalue weighted by Gasteiger charge is 2.06. The summed E-state index contributed by atoms with van der Waals surface area (Å²) in [5, 5.41) is 11.1. The van der Waals surface area contributed by atoms with Gasteiger partial charge in [-0.25, -0.2) is 4.39 Å². The zero-order valence-electron chi connectivity index (χ0n) is 10.4. The molecule has 0 unspecified atom stereocenters. The average Bonchev–Trinajstić information content (AvgIpc) is 2.42. The molecule has 0 radical (unpaired) electrons. The highest BCUT2D eigenvalue weighted by atomic mass is 79.9. The van der Waals surface area contributed by atoms with Gasteiger partial charge in [-0.15, -0.1) is 5.10 Å². The molecular formula is C13H13BrFN3O. The molecule has 4 nitrogen and oxygen atoms in total. The van der Waals surface area contributed by atoms with Crippen molar-refractivity contribution < 1.29 is 9.13 Å². The van der Waals surface area contributed by atoms with Crippen LogP contribution in [0, 0.1) is 5.82 Å². The van der Waals surface area contributed by atoms with E-state index in [1.54, 1.807) is 12.1 Å². The van der Waals surface area contributed by atoms with E-state index in [0.717, 1.165) is 12.2 Å². The van der Waals surface area contributed by atoms with Crippen LogP contribution in [-0.4, -0.2) is 16.7 Å². The van der Waals surface area contributed by atoms with Crippen LogP contribution >= 0.6 is 15.9 Å². The topological polar surface area (TPSA) is 47.0 Å². The molecule has 0 aliphatic carbocycles. The van der Waals surface area contributed by atoms with Crippen LogP contribution in [0.1, 0.15) is 12.6 Å². The summed E-state index contributed by atoms with van der Waals surface area (Å²) in [6.07, 6.45) is 0. The van der Waals surface area contributed by atoms with Gasteiger partial charge in [0.1, 0.15) is 11.6 Å². The lowest BCUT2D eigenvalue weighted by atomic mass is 10.3. The molecule has 0 aliphatic rings. The molecule has 1 N–H and O–H groups in total. The lowest BCUT2D eigenvalue weighted by Crippen LogP contribution is -2.13.